The Kier molecular flexibility index (Phi) is 4.49. The van der Waals surface area contributed by atoms with Crippen LogP contribution in [0.2, 0.25) is 0 Å². The highest BCUT2D eigenvalue weighted by molar-refractivity contribution is 7.16. The van der Waals surface area contributed by atoms with E-state index in [4.69, 9.17) is 0 Å². The van der Waals surface area contributed by atoms with Gasteiger partial charge in [-0.2, -0.15) is 0 Å². The van der Waals surface area contributed by atoms with E-state index in [1.165, 1.54) is 13.8 Å². The maximum absolute atomic E-state index is 12.0. The first-order chi connectivity index (χ1) is 9.95. The normalized spacial score (nSPS) is 10.0. The molecule has 2 aromatic rings. The van der Waals surface area contributed by atoms with Crippen molar-refractivity contribution in [2.45, 2.75) is 13.8 Å². The molecule has 0 spiro atoms. The van der Waals surface area contributed by atoms with Crippen LogP contribution in [0.4, 0.5) is 11.4 Å². The molecule has 21 heavy (non-hydrogen) atoms. The molecule has 2 rings (SSSR count). The van der Waals surface area contributed by atoms with Crippen molar-refractivity contribution in [1.29, 1.82) is 0 Å². The number of Topliss-reactive ketones (excluding diaryl/α,β-unsaturated/α-hetero) is 1. The Morgan fingerprint density at radius 2 is 1.33 bits per heavy atom. The molecule has 1 heterocycles. The molecule has 0 bridgehead atoms. The Morgan fingerprint density at radius 1 is 0.810 bits per heavy atom. The van der Waals surface area contributed by atoms with Crippen molar-refractivity contribution < 1.29 is 14.4 Å². The van der Waals surface area contributed by atoms with Gasteiger partial charge in [0, 0.05) is 18.3 Å². The van der Waals surface area contributed by atoms with Crippen molar-refractivity contribution in [3.8, 4) is 0 Å². The van der Waals surface area contributed by atoms with Crippen LogP contribution >= 0.6 is 11.3 Å². The lowest BCUT2D eigenvalue weighted by molar-refractivity contribution is -0.114. The molecule has 6 heteroatoms. The van der Waals surface area contributed by atoms with Crippen LogP contribution in [0, 0.1) is 0 Å². The van der Waals surface area contributed by atoms with Gasteiger partial charge in [-0.15, -0.1) is 11.3 Å². The van der Waals surface area contributed by atoms with Gasteiger partial charge >= 0.3 is 0 Å². The van der Waals surface area contributed by atoms with Crippen LogP contribution in [0.15, 0.2) is 36.4 Å². The summed E-state index contributed by atoms with van der Waals surface area (Å²) >= 11 is 1.16. The lowest BCUT2D eigenvalue weighted by Crippen LogP contribution is -2.10. The molecule has 1 aromatic heterocycles. The summed E-state index contributed by atoms with van der Waals surface area (Å²) in [6.45, 7) is 2.90. The van der Waals surface area contributed by atoms with E-state index in [0.717, 1.165) is 11.3 Å². The van der Waals surface area contributed by atoms with Crippen LogP contribution in [0.1, 0.15) is 33.2 Å². The molecular weight excluding hydrogens is 288 g/mol. The highest BCUT2D eigenvalue weighted by Crippen LogP contribution is 2.19. The second-order valence-corrected chi connectivity index (χ2v) is 5.52. The van der Waals surface area contributed by atoms with E-state index in [0.29, 0.717) is 21.1 Å². The van der Waals surface area contributed by atoms with Gasteiger partial charge in [-0.05, 0) is 43.3 Å². The Balaban J connectivity index is 2.04. The summed E-state index contributed by atoms with van der Waals surface area (Å²) in [7, 11) is 0. The quantitative estimate of drug-likeness (QED) is 0.852. The number of ketones is 1. The number of rotatable bonds is 4. The van der Waals surface area contributed by atoms with Crippen LogP contribution in [-0.4, -0.2) is 17.6 Å². The van der Waals surface area contributed by atoms with Crippen molar-refractivity contribution in [2.24, 2.45) is 0 Å². The van der Waals surface area contributed by atoms with Crippen LogP contribution in [-0.2, 0) is 4.79 Å². The first-order valence-electron chi connectivity index (χ1n) is 6.25. The molecule has 0 saturated carbocycles. The average Bonchev–Trinajstić information content (AvgIpc) is 2.90. The zero-order chi connectivity index (χ0) is 15.4. The topological polar surface area (TPSA) is 75.3 Å². The van der Waals surface area contributed by atoms with E-state index in [2.05, 4.69) is 10.6 Å². The zero-order valence-electron chi connectivity index (χ0n) is 11.6. The summed E-state index contributed by atoms with van der Waals surface area (Å²) in [6, 6.07) is 10.1. The van der Waals surface area contributed by atoms with Crippen LogP contribution < -0.4 is 10.6 Å². The monoisotopic (exact) mass is 302 g/mol. The van der Waals surface area contributed by atoms with Crippen molar-refractivity contribution >= 4 is 40.3 Å². The van der Waals surface area contributed by atoms with Gasteiger partial charge in [0.1, 0.15) is 0 Å². The molecule has 0 fully saturated rings. The van der Waals surface area contributed by atoms with Crippen LogP contribution in [0.5, 0.6) is 0 Å². The number of amides is 2. The maximum Gasteiger partial charge on any atom is 0.265 e. The molecule has 0 unspecified atom stereocenters. The average molecular weight is 302 g/mol. The van der Waals surface area contributed by atoms with Crippen molar-refractivity contribution in [3.63, 3.8) is 0 Å². The molecule has 0 aliphatic heterocycles. The molecule has 0 radical (unpaired) electrons. The van der Waals surface area contributed by atoms with Crippen molar-refractivity contribution in [2.75, 3.05) is 10.6 Å². The minimum Gasteiger partial charge on any atom is -0.326 e. The van der Waals surface area contributed by atoms with E-state index in [9.17, 15) is 14.4 Å². The number of carbonyl (C=O) groups is 3. The van der Waals surface area contributed by atoms with E-state index >= 15 is 0 Å². The first kappa shape index (κ1) is 14.9. The van der Waals surface area contributed by atoms with Crippen LogP contribution in [0.25, 0.3) is 0 Å². The molecule has 108 valence electrons. The van der Waals surface area contributed by atoms with Crippen molar-refractivity contribution in [1.82, 2.24) is 0 Å². The lowest BCUT2D eigenvalue weighted by atomic mass is 10.2. The third-order valence-corrected chi connectivity index (χ3v) is 3.82. The van der Waals surface area contributed by atoms with Gasteiger partial charge in [-0.25, -0.2) is 0 Å². The van der Waals surface area contributed by atoms with Gasteiger partial charge < -0.3 is 10.6 Å². The number of carbonyl (C=O) groups excluding carboxylic acids is 3. The summed E-state index contributed by atoms with van der Waals surface area (Å²) in [4.78, 5) is 35.2. The second-order valence-electron chi connectivity index (χ2n) is 4.43. The number of thiophene rings is 1. The predicted octanol–water partition coefficient (Wildman–Crippen LogP) is 3.16. The molecular formula is C15H14N2O3S. The molecule has 0 aliphatic carbocycles. The second kappa shape index (κ2) is 6.32. The predicted molar refractivity (Wildman–Crippen MR) is 83.0 cm³/mol. The van der Waals surface area contributed by atoms with E-state index < -0.39 is 0 Å². The SMILES string of the molecule is CC(=O)Nc1ccc(NC(=O)c2ccc(C(C)=O)s2)cc1. The number of nitrogens with one attached hydrogen (secondary N) is 2. The lowest BCUT2D eigenvalue weighted by Gasteiger charge is -2.05. The highest BCUT2D eigenvalue weighted by atomic mass is 32.1. The standard InChI is InChI=1S/C15H14N2O3S/c1-9(18)13-7-8-14(21-13)15(20)17-12-5-3-11(4-6-12)16-10(2)19/h3-8H,1-2H3,(H,16,19)(H,17,20). The van der Waals surface area contributed by atoms with Gasteiger partial charge in [-0.1, -0.05) is 0 Å². The molecule has 0 atom stereocenters. The third-order valence-electron chi connectivity index (χ3n) is 2.64. The number of anilines is 2. The van der Waals surface area contributed by atoms with Crippen LogP contribution in [0.3, 0.4) is 0 Å². The Labute approximate surface area is 126 Å². The van der Waals surface area contributed by atoms with E-state index in [1.54, 1.807) is 36.4 Å². The number of hydrogen-bond donors (Lipinski definition) is 2. The molecule has 1 aromatic carbocycles. The fraction of sp³-hybridized carbons (Fsp3) is 0.133. The Hall–Kier alpha value is -2.47. The summed E-state index contributed by atoms with van der Waals surface area (Å²) in [5.41, 5.74) is 1.28. The highest BCUT2D eigenvalue weighted by Gasteiger charge is 2.11. The summed E-state index contributed by atoms with van der Waals surface area (Å²) in [5, 5.41) is 5.38. The fourth-order valence-corrected chi connectivity index (χ4v) is 2.48. The number of benzene rings is 1. The third kappa shape index (κ3) is 4.00. The van der Waals surface area contributed by atoms with Gasteiger partial charge in [-0.3, -0.25) is 14.4 Å². The summed E-state index contributed by atoms with van der Waals surface area (Å²) < 4.78 is 0. The summed E-state index contributed by atoms with van der Waals surface area (Å²) in [6.07, 6.45) is 0. The maximum atomic E-state index is 12.0. The largest absolute Gasteiger partial charge is 0.326 e. The van der Waals surface area contributed by atoms with Gasteiger partial charge in [0.2, 0.25) is 5.91 Å². The van der Waals surface area contributed by atoms with Gasteiger partial charge in [0.15, 0.2) is 5.78 Å². The Morgan fingerprint density at radius 3 is 1.81 bits per heavy atom. The minimum absolute atomic E-state index is 0.0567. The van der Waals surface area contributed by atoms with E-state index in [1.807, 2.05) is 0 Å². The molecule has 5 nitrogen and oxygen atoms in total. The smallest absolute Gasteiger partial charge is 0.265 e. The Bertz CT molecular complexity index is 689. The van der Waals surface area contributed by atoms with E-state index in [-0.39, 0.29) is 17.6 Å². The molecule has 0 aliphatic rings. The van der Waals surface area contributed by atoms with Crippen molar-refractivity contribution in [3.05, 3.63) is 46.2 Å². The van der Waals surface area contributed by atoms with Gasteiger partial charge in [0.25, 0.3) is 5.91 Å². The number of hydrogen-bond acceptors (Lipinski definition) is 4. The first-order valence-corrected chi connectivity index (χ1v) is 7.07. The minimum atomic E-state index is -0.264. The summed E-state index contributed by atoms with van der Waals surface area (Å²) in [5.74, 6) is -0.472. The molecule has 2 N–H and O–H groups in total. The fourth-order valence-electron chi connectivity index (χ4n) is 1.68. The molecule has 2 amide bonds. The molecule has 0 saturated heterocycles. The van der Waals surface area contributed by atoms with Gasteiger partial charge in [0.05, 0.1) is 9.75 Å². The zero-order valence-corrected chi connectivity index (χ0v) is 12.4.